The molecule has 1 fully saturated rings. The molecule has 2 aliphatic heterocycles. The molecular weight excluding hydrogens is 466 g/mol. The van der Waals surface area contributed by atoms with Gasteiger partial charge in [0, 0.05) is 18.5 Å². The summed E-state index contributed by atoms with van der Waals surface area (Å²) in [5, 5.41) is 11.5. The first kappa shape index (κ1) is 24.6. The average molecular weight is 498 g/mol. The number of likely N-dealkylation sites (tertiary alicyclic amines) is 1. The van der Waals surface area contributed by atoms with Crippen LogP contribution in [0.1, 0.15) is 48.6 Å². The van der Waals surface area contributed by atoms with Crippen molar-refractivity contribution in [3.05, 3.63) is 101 Å². The fourth-order valence-electron chi connectivity index (χ4n) is 5.07. The summed E-state index contributed by atoms with van der Waals surface area (Å²) < 4.78 is 11.6. The minimum Gasteiger partial charge on any atom is -0.507 e. The molecule has 3 aromatic rings. The number of carbonyl (C=O) groups excluding carboxylic acids is 2. The summed E-state index contributed by atoms with van der Waals surface area (Å²) in [7, 11) is 0. The van der Waals surface area contributed by atoms with Crippen molar-refractivity contribution in [1.82, 2.24) is 4.90 Å². The van der Waals surface area contributed by atoms with Crippen LogP contribution in [0.2, 0.25) is 0 Å². The lowest BCUT2D eigenvalue weighted by atomic mass is 9.94. The molecule has 0 aliphatic carbocycles. The highest BCUT2D eigenvalue weighted by molar-refractivity contribution is 6.46. The van der Waals surface area contributed by atoms with Gasteiger partial charge in [0.05, 0.1) is 18.2 Å². The largest absolute Gasteiger partial charge is 0.507 e. The Hall–Kier alpha value is -4.06. The fraction of sp³-hybridized carbons (Fsp3) is 0.290. The second kappa shape index (κ2) is 10.5. The SMILES string of the molecule is CCCOc1cccc([C@@H]2C(=C(O)c3ccc4c(c3)C[C@@H](C)O4)C(=O)C(=O)N2CCc2ccccc2)c1. The first-order chi connectivity index (χ1) is 18.0. The molecule has 2 aliphatic rings. The molecular formula is C31H31NO5. The third-order valence-electron chi connectivity index (χ3n) is 6.84. The van der Waals surface area contributed by atoms with E-state index in [2.05, 4.69) is 0 Å². The first-order valence-electron chi connectivity index (χ1n) is 12.8. The summed E-state index contributed by atoms with van der Waals surface area (Å²) >= 11 is 0. The number of hydrogen-bond acceptors (Lipinski definition) is 5. The highest BCUT2D eigenvalue weighted by Crippen LogP contribution is 2.41. The summed E-state index contributed by atoms with van der Waals surface area (Å²) in [6, 6.07) is 22.0. The molecule has 1 saturated heterocycles. The second-order valence-electron chi connectivity index (χ2n) is 9.60. The van der Waals surface area contributed by atoms with E-state index in [0.29, 0.717) is 30.9 Å². The standard InChI is InChI=1S/C31H31NO5/c1-3-16-36-25-11-7-10-22(19-25)28-27(29(33)23-12-13-26-24(18-23)17-20(2)37-26)30(34)31(35)32(28)15-14-21-8-5-4-6-9-21/h4-13,18-20,28,33H,3,14-17H2,1-2H3/t20-,28-/m1/s1. The molecule has 6 heteroatoms. The Kier molecular flexibility index (Phi) is 6.99. The van der Waals surface area contributed by atoms with Gasteiger partial charge in [0.15, 0.2) is 0 Å². The Morgan fingerprint density at radius 1 is 1.05 bits per heavy atom. The van der Waals surface area contributed by atoms with Gasteiger partial charge in [-0.15, -0.1) is 0 Å². The van der Waals surface area contributed by atoms with Gasteiger partial charge in [0.1, 0.15) is 23.4 Å². The number of nitrogens with zero attached hydrogens (tertiary/aromatic N) is 1. The second-order valence-corrected chi connectivity index (χ2v) is 9.60. The fourth-order valence-corrected chi connectivity index (χ4v) is 5.07. The normalized spacial score (nSPS) is 20.1. The van der Waals surface area contributed by atoms with Crippen molar-refractivity contribution in [2.75, 3.05) is 13.2 Å². The minimum atomic E-state index is -0.725. The van der Waals surface area contributed by atoms with Crippen LogP contribution in [-0.2, 0) is 22.4 Å². The smallest absolute Gasteiger partial charge is 0.295 e. The monoisotopic (exact) mass is 497 g/mol. The van der Waals surface area contributed by atoms with E-state index < -0.39 is 17.7 Å². The Labute approximate surface area is 217 Å². The van der Waals surface area contributed by atoms with E-state index >= 15 is 0 Å². The number of ether oxygens (including phenoxy) is 2. The summed E-state index contributed by atoms with van der Waals surface area (Å²) in [5.41, 5.74) is 3.36. The molecule has 0 bridgehead atoms. The Morgan fingerprint density at radius 2 is 1.86 bits per heavy atom. The topological polar surface area (TPSA) is 76.1 Å². The van der Waals surface area contributed by atoms with Gasteiger partial charge < -0.3 is 19.5 Å². The van der Waals surface area contributed by atoms with Crippen molar-refractivity contribution >= 4 is 17.4 Å². The van der Waals surface area contributed by atoms with Crippen LogP contribution in [0.25, 0.3) is 5.76 Å². The van der Waals surface area contributed by atoms with Crippen LogP contribution in [0.5, 0.6) is 11.5 Å². The number of ketones is 1. The van der Waals surface area contributed by atoms with Gasteiger partial charge in [-0.05, 0) is 66.8 Å². The maximum Gasteiger partial charge on any atom is 0.295 e. The molecule has 2 heterocycles. The van der Waals surface area contributed by atoms with E-state index in [0.717, 1.165) is 35.3 Å². The number of Topliss-reactive ketones (excluding diaryl/α,β-unsaturated/α-hetero) is 1. The molecule has 3 aromatic carbocycles. The molecule has 5 rings (SSSR count). The van der Waals surface area contributed by atoms with E-state index in [4.69, 9.17) is 9.47 Å². The summed E-state index contributed by atoms with van der Waals surface area (Å²) in [4.78, 5) is 28.3. The number of amides is 1. The third kappa shape index (κ3) is 4.96. The van der Waals surface area contributed by atoms with Gasteiger partial charge in [0.25, 0.3) is 11.7 Å². The Morgan fingerprint density at radius 3 is 2.65 bits per heavy atom. The lowest BCUT2D eigenvalue weighted by Gasteiger charge is -2.26. The van der Waals surface area contributed by atoms with Crippen LogP contribution in [0.15, 0.2) is 78.4 Å². The molecule has 0 unspecified atom stereocenters. The summed E-state index contributed by atoms with van der Waals surface area (Å²) in [6.45, 7) is 4.93. The van der Waals surface area contributed by atoms with Gasteiger partial charge in [-0.3, -0.25) is 9.59 Å². The van der Waals surface area contributed by atoms with Crippen LogP contribution < -0.4 is 9.47 Å². The molecule has 1 N–H and O–H groups in total. The predicted octanol–water partition coefficient (Wildman–Crippen LogP) is 5.46. The maximum atomic E-state index is 13.4. The lowest BCUT2D eigenvalue weighted by Crippen LogP contribution is -2.31. The average Bonchev–Trinajstić information content (AvgIpc) is 3.41. The Balaban J connectivity index is 1.57. The molecule has 6 nitrogen and oxygen atoms in total. The Bertz CT molecular complexity index is 1350. The summed E-state index contributed by atoms with van der Waals surface area (Å²) in [5.74, 6) is -0.0184. The van der Waals surface area contributed by atoms with E-state index in [9.17, 15) is 14.7 Å². The number of aliphatic hydroxyl groups is 1. The van der Waals surface area contributed by atoms with Crippen molar-refractivity contribution in [3.8, 4) is 11.5 Å². The molecule has 0 radical (unpaired) electrons. The van der Waals surface area contributed by atoms with Crippen molar-refractivity contribution in [3.63, 3.8) is 0 Å². The van der Waals surface area contributed by atoms with Crippen LogP contribution in [0, 0.1) is 0 Å². The van der Waals surface area contributed by atoms with Crippen LogP contribution in [0.4, 0.5) is 0 Å². The van der Waals surface area contributed by atoms with Crippen molar-refractivity contribution in [2.24, 2.45) is 0 Å². The van der Waals surface area contributed by atoms with Crippen LogP contribution in [-0.4, -0.2) is 41.0 Å². The zero-order chi connectivity index (χ0) is 25.9. The van der Waals surface area contributed by atoms with Gasteiger partial charge in [-0.2, -0.15) is 0 Å². The highest BCUT2D eigenvalue weighted by Gasteiger charge is 2.46. The van der Waals surface area contributed by atoms with Gasteiger partial charge >= 0.3 is 0 Å². The van der Waals surface area contributed by atoms with Gasteiger partial charge in [-0.1, -0.05) is 49.4 Å². The molecule has 0 aromatic heterocycles. The van der Waals surface area contributed by atoms with Crippen molar-refractivity contribution in [2.45, 2.75) is 45.3 Å². The first-order valence-corrected chi connectivity index (χ1v) is 12.8. The maximum absolute atomic E-state index is 13.4. The zero-order valence-corrected chi connectivity index (χ0v) is 21.1. The van der Waals surface area contributed by atoms with E-state index in [-0.39, 0.29) is 17.4 Å². The number of aliphatic hydroxyl groups excluding tert-OH is 1. The number of carbonyl (C=O) groups is 2. The van der Waals surface area contributed by atoms with E-state index in [1.165, 1.54) is 0 Å². The quantitative estimate of drug-likeness (QED) is 0.254. The minimum absolute atomic E-state index is 0.0572. The number of hydrogen-bond donors (Lipinski definition) is 1. The van der Waals surface area contributed by atoms with E-state index in [1.54, 1.807) is 11.0 Å². The van der Waals surface area contributed by atoms with Crippen LogP contribution >= 0.6 is 0 Å². The van der Waals surface area contributed by atoms with E-state index in [1.807, 2.05) is 80.6 Å². The zero-order valence-electron chi connectivity index (χ0n) is 21.1. The number of fused-ring (bicyclic) bond motifs is 1. The number of rotatable bonds is 8. The summed E-state index contributed by atoms with van der Waals surface area (Å²) in [6.07, 6.45) is 2.23. The lowest BCUT2D eigenvalue weighted by molar-refractivity contribution is -0.139. The molecule has 1 amide bonds. The molecule has 0 saturated carbocycles. The molecule has 190 valence electrons. The van der Waals surface area contributed by atoms with Crippen molar-refractivity contribution in [1.29, 1.82) is 0 Å². The highest BCUT2D eigenvalue weighted by atomic mass is 16.5. The molecule has 0 spiro atoms. The van der Waals surface area contributed by atoms with Gasteiger partial charge in [0.2, 0.25) is 0 Å². The number of benzene rings is 3. The van der Waals surface area contributed by atoms with Crippen molar-refractivity contribution < 1.29 is 24.2 Å². The third-order valence-corrected chi connectivity index (χ3v) is 6.84. The molecule has 2 atom stereocenters. The molecule has 37 heavy (non-hydrogen) atoms. The van der Waals surface area contributed by atoms with Gasteiger partial charge in [-0.25, -0.2) is 0 Å². The van der Waals surface area contributed by atoms with Crippen LogP contribution in [0.3, 0.4) is 0 Å². The predicted molar refractivity (Wildman–Crippen MR) is 142 cm³/mol.